The van der Waals surface area contributed by atoms with Gasteiger partial charge in [0.1, 0.15) is 12.0 Å². The number of carbonyl (C=O) groups excluding carboxylic acids is 1. The Balaban J connectivity index is 1.41. The van der Waals surface area contributed by atoms with Crippen LogP contribution in [0, 0.1) is 0 Å². The van der Waals surface area contributed by atoms with E-state index < -0.39 is 0 Å². The zero-order valence-electron chi connectivity index (χ0n) is 13.8. The minimum absolute atomic E-state index is 0.0654. The number of hydrogen-bond acceptors (Lipinski definition) is 7. The molecule has 2 atom stereocenters. The minimum Gasteiger partial charge on any atom is -0.373 e. The first kappa shape index (κ1) is 15.9. The summed E-state index contributed by atoms with van der Waals surface area (Å²) in [6.45, 7) is 1.93. The molecule has 0 bridgehead atoms. The van der Waals surface area contributed by atoms with Gasteiger partial charge >= 0.3 is 0 Å². The molecule has 0 radical (unpaired) electrons. The first-order chi connectivity index (χ1) is 12.2. The molecule has 25 heavy (non-hydrogen) atoms. The highest BCUT2D eigenvalue weighted by Gasteiger charge is 2.45. The van der Waals surface area contributed by atoms with Crippen LogP contribution in [0.3, 0.4) is 0 Å². The van der Waals surface area contributed by atoms with Gasteiger partial charge in [0, 0.05) is 37.8 Å². The maximum absolute atomic E-state index is 12.6. The van der Waals surface area contributed by atoms with Gasteiger partial charge < -0.3 is 15.0 Å². The number of carbonyl (C=O) groups is 1. The molecular weight excluding hydrogens is 320 g/mol. The van der Waals surface area contributed by atoms with Gasteiger partial charge in [-0.05, 0) is 31.4 Å². The molecule has 1 spiro atoms. The normalized spacial score (nSPS) is 25.9. The van der Waals surface area contributed by atoms with Crippen LogP contribution in [0.1, 0.15) is 29.8 Å². The first-order valence-corrected chi connectivity index (χ1v) is 8.47. The van der Waals surface area contributed by atoms with Crippen molar-refractivity contribution in [3.63, 3.8) is 0 Å². The smallest absolute Gasteiger partial charge is 0.272 e. The molecule has 0 saturated carbocycles. The number of aromatic nitrogens is 4. The number of nitrogens with one attached hydrogen (secondary N) is 1. The molecule has 1 amide bonds. The number of rotatable bonds is 3. The third kappa shape index (κ3) is 3.43. The molecule has 1 N–H and O–H groups in total. The third-order valence-electron chi connectivity index (χ3n) is 4.80. The first-order valence-electron chi connectivity index (χ1n) is 8.47. The van der Waals surface area contributed by atoms with Gasteiger partial charge in [-0.1, -0.05) is 0 Å². The van der Waals surface area contributed by atoms with Crippen LogP contribution in [0.2, 0.25) is 0 Å². The van der Waals surface area contributed by atoms with Crippen molar-refractivity contribution in [2.45, 2.75) is 30.9 Å². The minimum atomic E-state index is -0.298. The van der Waals surface area contributed by atoms with Crippen molar-refractivity contribution in [3.05, 3.63) is 42.7 Å². The topological polar surface area (TPSA) is 93.1 Å². The molecule has 2 aliphatic heterocycles. The fourth-order valence-corrected chi connectivity index (χ4v) is 3.59. The van der Waals surface area contributed by atoms with Crippen LogP contribution in [0.4, 0.5) is 5.95 Å². The lowest BCUT2D eigenvalue weighted by atomic mass is 9.89. The Labute approximate surface area is 145 Å². The van der Waals surface area contributed by atoms with Crippen molar-refractivity contribution in [1.82, 2.24) is 24.8 Å². The second kappa shape index (κ2) is 6.72. The van der Waals surface area contributed by atoms with Gasteiger partial charge in [0.05, 0.1) is 12.1 Å². The van der Waals surface area contributed by atoms with E-state index in [0.29, 0.717) is 31.3 Å². The lowest BCUT2D eigenvalue weighted by molar-refractivity contribution is -0.0721. The monoisotopic (exact) mass is 340 g/mol. The van der Waals surface area contributed by atoms with Crippen LogP contribution in [0.25, 0.3) is 0 Å². The predicted octanol–water partition coefficient (Wildman–Crippen LogP) is 1.14. The zero-order chi connectivity index (χ0) is 17.1. The summed E-state index contributed by atoms with van der Waals surface area (Å²) in [6.07, 6.45) is 9.00. The molecular formula is C17H20N6O2. The van der Waals surface area contributed by atoms with Gasteiger partial charge in [0.2, 0.25) is 5.95 Å². The Morgan fingerprint density at radius 3 is 2.96 bits per heavy atom. The summed E-state index contributed by atoms with van der Waals surface area (Å²) in [5.74, 6) is 0.570. The van der Waals surface area contributed by atoms with Gasteiger partial charge in [-0.3, -0.25) is 4.79 Å². The number of ether oxygens (including phenoxy) is 1. The molecule has 0 unspecified atom stereocenters. The second-order valence-electron chi connectivity index (χ2n) is 6.51. The van der Waals surface area contributed by atoms with Crippen molar-refractivity contribution < 1.29 is 9.53 Å². The standard InChI is InChI=1S/C17H20N6O2/c24-15(14-2-7-18-12-21-14)23-8-4-17(11-23)10-13(3-9-25-17)22-16-19-5-1-6-20-16/h1-2,5-7,12-13H,3-4,8-11H2,(H,19,20,22)/t13-,17-/m1/s1. The van der Waals surface area contributed by atoms with E-state index in [0.717, 1.165) is 19.3 Å². The van der Waals surface area contributed by atoms with Crippen LogP contribution in [0.5, 0.6) is 0 Å². The predicted molar refractivity (Wildman–Crippen MR) is 89.9 cm³/mol. The van der Waals surface area contributed by atoms with Crippen LogP contribution >= 0.6 is 0 Å². The SMILES string of the molecule is O=C(c1ccncn1)N1CC[C@@]2(C[C@H](Nc3ncccn3)CCO2)C1. The van der Waals surface area contributed by atoms with Crippen LogP contribution in [0.15, 0.2) is 37.1 Å². The number of likely N-dealkylation sites (tertiary alicyclic amines) is 1. The Kier molecular flexibility index (Phi) is 4.27. The quantitative estimate of drug-likeness (QED) is 0.895. The lowest BCUT2D eigenvalue weighted by Gasteiger charge is -2.38. The van der Waals surface area contributed by atoms with E-state index in [2.05, 4.69) is 25.3 Å². The van der Waals surface area contributed by atoms with Gasteiger partial charge in [-0.15, -0.1) is 0 Å². The number of anilines is 1. The summed E-state index contributed by atoms with van der Waals surface area (Å²) in [4.78, 5) is 30.8. The van der Waals surface area contributed by atoms with Crippen LogP contribution in [-0.4, -0.2) is 62.1 Å². The summed E-state index contributed by atoms with van der Waals surface area (Å²) in [5, 5.41) is 3.38. The molecule has 0 aromatic carbocycles. The van der Waals surface area contributed by atoms with Crippen molar-refractivity contribution in [2.75, 3.05) is 25.0 Å². The molecule has 2 aromatic heterocycles. The Morgan fingerprint density at radius 2 is 2.16 bits per heavy atom. The Morgan fingerprint density at radius 1 is 1.28 bits per heavy atom. The Bertz CT molecular complexity index is 728. The maximum Gasteiger partial charge on any atom is 0.272 e. The number of hydrogen-bond donors (Lipinski definition) is 1. The fraction of sp³-hybridized carbons (Fsp3) is 0.471. The molecule has 130 valence electrons. The molecule has 4 heterocycles. The summed E-state index contributed by atoms with van der Waals surface area (Å²) < 4.78 is 6.10. The Hall–Kier alpha value is -2.61. The van der Waals surface area contributed by atoms with Gasteiger partial charge in [0.25, 0.3) is 5.91 Å². The molecule has 2 saturated heterocycles. The zero-order valence-corrected chi connectivity index (χ0v) is 13.8. The van der Waals surface area contributed by atoms with Crippen LogP contribution in [-0.2, 0) is 4.74 Å². The van der Waals surface area contributed by atoms with E-state index in [1.54, 1.807) is 30.7 Å². The molecule has 2 aliphatic rings. The fourth-order valence-electron chi connectivity index (χ4n) is 3.59. The summed E-state index contributed by atoms with van der Waals surface area (Å²) in [6, 6.07) is 3.68. The molecule has 4 rings (SSSR count). The highest BCUT2D eigenvalue weighted by atomic mass is 16.5. The van der Waals surface area contributed by atoms with Crippen molar-refractivity contribution in [3.8, 4) is 0 Å². The molecule has 0 aliphatic carbocycles. The average molecular weight is 340 g/mol. The van der Waals surface area contributed by atoms with E-state index in [4.69, 9.17) is 4.74 Å². The molecule has 8 heteroatoms. The second-order valence-corrected chi connectivity index (χ2v) is 6.51. The summed E-state index contributed by atoms with van der Waals surface area (Å²) >= 11 is 0. The summed E-state index contributed by atoms with van der Waals surface area (Å²) in [5.41, 5.74) is 0.128. The van der Waals surface area contributed by atoms with Gasteiger partial charge in [-0.25, -0.2) is 19.9 Å². The number of amides is 1. The average Bonchev–Trinajstić information content (AvgIpc) is 3.06. The molecule has 2 aromatic rings. The van der Waals surface area contributed by atoms with E-state index in [9.17, 15) is 4.79 Å². The maximum atomic E-state index is 12.6. The van der Waals surface area contributed by atoms with Crippen molar-refractivity contribution in [1.29, 1.82) is 0 Å². The van der Waals surface area contributed by atoms with E-state index in [-0.39, 0.29) is 17.6 Å². The largest absolute Gasteiger partial charge is 0.373 e. The highest BCUT2D eigenvalue weighted by Crippen LogP contribution is 2.35. The van der Waals surface area contributed by atoms with Crippen LogP contribution < -0.4 is 5.32 Å². The highest BCUT2D eigenvalue weighted by molar-refractivity contribution is 5.92. The van der Waals surface area contributed by atoms with E-state index in [1.165, 1.54) is 6.33 Å². The molecule has 2 fully saturated rings. The third-order valence-corrected chi connectivity index (χ3v) is 4.80. The van der Waals surface area contributed by atoms with Crippen molar-refractivity contribution >= 4 is 11.9 Å². The lowest BCUT2D eigenvalue weighted by Crippen LogP contribution is -2.47. The van der Waals surface area contributed by atoms with Gasteiger partial charge in [0.15, 0.2) is 0 Å². The molecule has 8 nitrogen and oxygen atoms in total. The number of nitrogens with zero attached hydrogens (tertiary/aromatic N) is 5. The van der Waals surface area contributed by atoms with Crippen molar-refractivity contribution in [2.24, 2.45) is 0 Å². The summed E-state index contributed by atoms with van der Waals surface area (Å²) in [7, 11) is 0. The van der Waals surface area contributed by atoms with Gasteiger partial charge in [-0.2, -0.15) is 0 Å². The van der Waals surface area contributed by atoms with E-state index in [1.807, 2.05) is 4.90 Å². The van der Waals surface area contributed by atoms with E-state index >= 15 is 0 Å².